The first kappa shape index (κ1) is 15.9. The maximum atomic E-state index is 12.1. The molecule has 1 fully saturated rings. The Bertz CT molecular complexity index is 644. The van der Waals surface area contributed by atoms with Crippen molar-refractivity contribution in [3.63, 3.8) is 0 Å². The van der Waals surface area contributed by atoms with Gasteiger partial charge in [-0.15, -0.1) is 0 Å². The maximum Gasteiger partial charge on any atom is 0.315 e. The first-order chi connectivity index (χ1) is 11.3. The van der Waals surface area contributed by atoms with Crippen LogP contribution in [0.1, 0.15) is 24.8 Å². The zero-order valence-corrected chi connectivity index (χ0v) is 14.1. The maximum absolute atomic E-state index is 12.1. The molecule has 0 unspecified atom stereocenters. The fraction of sp³-hybridized carbons (Fsp3) is 0.412. The molecule has 23 heavy (non-hydrogen) atoms. The molecular formula is C17H22N4OS. The van der Waals surface area contributed by atoms with E-state index < -0.39 is 0 Å². The van der Waals surface area contributed by atoms with E-state index in [2.05, 4.69) is 21.9 Å². The van der Waals surface area contributed by atoms with E-state index in [9.17, 15) is 4.79 Å². The van der Waals surface area contributed by atoms with Gasteiger partial charge in [-0.3, -0.25) is 0 Å². The van der Waals surface area contributed by atoms with E-state index in [1.54, 1.807) is 12.5 Å². The van der Waals surface area contributed by atoms with Gasteiger partial charge in [0.25, 0.3) is 0 Å². The third-order valence-corrected chi connectivity index (χ3v) is 5.36. The van der Waals surface area contributed by atoms with Crippen LogP contribution in [0.3, 0.4) is 0 Å². The Hall–Kier alpha value is -1.95. The largest absolute Gasteiger partial charge is 0.335 e. The fourth-order valence-corrected chi connectivity index (χ4v) is 3.81. The molecule has 0 aliphatic heterocycles. The predicted molar refractivity (Wildman–Crippen MR) is 93.9 cm³/mol. The van der Waals surface area contributed by atoms with Crippen LogP contribution >= 0.6 is 11.8 Å². The molecule has 5 nitrogen and oxygen atoms in total. The molecule has 1 aromatic heterocycles. The zero-order valence-electron chi connectivity index (χ0n) is 13.2. The number of nitrogens with one attached hydrogen (secondary N) is 2. The lowest BCUT2D eigenvalue weighted by Crippen LogP contribution is -2.40. The summed E-state index contributed by atoms with van der Waals surface area (Å²) in [5, 5.41) is 6.74. The standard InChI is InChI=1S/C17H22N4OS/c1-23-15-7-6-14(10-15)20-17(22)19-11-13-4-2-3-5-16(13)21-9-8-18-12-21/h2-5,8-9,12,14-15H,6-7,10-11H2,1H3,(H2,19,20,22)/t14-,15-/m0/s1. The molecule has 6 heteroatoms. The molecule has 1 aliphatic rings. The summed E-state index contributed by atoms with van der Waals surface area (Å²) >= 11 is 1.89. The highest BCUT2D eigenvalue weighted by atomic mass is 32.2. The molecule has 2 N–H and O–H groups in total. The lowest BCUT2D eigenvalue weighted by atomic mass is 10.1. The molecule has 0 radical (unpaired) electrons. The number of nitrogens with zero attached hydrogens (tertiary/aromatic N) is 2. The number of benzene rings is 1. The number of amides is 2. The van der Waals surface area contributed by atoms with Crippen LogP contribution < -0.4 is 10.6 Å². The van der Waals surface area contributed by atoms with Crippen molar-refractivity contribution in [3.05, 3.63) is 48.5 Å². The number of carbonyl (C=O) groups is 1. The Morgan fingerprint density at radius 1 is 1.39 bits per heavy atom. The summed E-state index contributed by atoms with van der Waals surface area (Å²) in [5.74, 6) is 0. The minimum atomic E-state index is -0.0859. The molecule has 0 spiro atoms. The fourth-order valence-electron chi connectivity index (χ4n) is 3.01. The number of rotatable bonds is 5. The Morgan fingerprint density at radius 3 is 3.00 bits per heavy atom. The minimum Gasteiger partial charge on any atom is -0.335 e. The van der Waals surface area contributed by atoms with Crippen LogP contribution in [-0.4, -0.2) is 33.1 Å². The topological polar surface area (TPSA) is 59.0 Å². The van der Waals surface area contributed by atoms with Crippen LogP contribution in [0.25, 0.3) is 5.69 Å². The third kappa shape index (κ3) is 4.07. The van der Waals surface area contributed by atoms with Crippen molar-refractivity contribution in [2.24, 2.45) is 0 Å². The van der Waals surface area contributed by atoms with Crippen LogP contribution in [0.4, 0.5) is 4.79 Å². The molecule has 1 heterocycles. The second kappa shape index (κ2) is 7.55. The molecular weight excluding hydrogens is 308 g/mol. The number of imidazole rings is 1. The van der Waals surface area contributed by atoms with Crippen molar-refractivity contribution in [2.75, 3.05) is 6.26 Å². The third-order valence-electron chi connectivity index (χ3n) is 4.27. The van der Waals surface area contributed by atoms with Crippen molar-refractivity contribution < 1.29 is 4.79 Å². The minimum absolute atomic E-state index is 0.0859. The lowest BCUT2D eigenvalue weighted by molar-refractivity contribution is 0.236. The molecule has 0 bridgehead atoms. The summed E-state index contributed by atoms with van der Waals surface area (Å²) in [4.78, 5) is 16.2. The first-order valence-electron chi connectivity index (χ1n) is 7.89. The van der Waals surface area contributed by atoms with Crippen molar-refractivity contribution >= 4 is 17.8 Å². The highest BCUT2D eigenvalue weighted by Crippen LogP contribution is 2.28. The van der Waals surface area contributed by atoms with Gasteiger partial charge in [0.15, 0.2) is 0 Å². The molecule has 1 aromatic carbocycles. The van der Waals surface area contributed by atoms with E-state index in [0.29, 0.717) is 17.8 Å². The summed E-state index contributed by atoms with van der Waals surface area (Å²) in [5.41, 5.74) is 2.10. The molecule has 2 aromatic rings. The number of aromatic nitrogens is 2. The normalized spacial score (nSPS) is 20.4. The van der Waals surface area contributed by atoms with Gasteiger partial charge in [0.05, 0.1) is 12.0 Å². The first-order valence-corrected chi connectivity index (χ1v) is 9.18. The number of urea groups is 1. The molecule has 0 saturated heterocycles. The van der Waals surface area contributed by atoms with E-state index in [0.717, 1.165) is 24.1 Å². The second-order valence-electron chi connectivity index (χ2n) is 5.79. The predicted octanol–water partition coefficient (Wildman–Crippen LogP) is 2.96. The molecule has 1 aliphatic carbocycles. The molecule has 1 saturated carbocycles. The van der Waals surface area contributed by atoms with Gasteiger partial charge >= 0.3 is 6.03 Å². The second-order valence-corrected chi connectivity index (χ2v) is 6.93. The summed E-state index contributed by atoms with van der Waals surface area (Å²) in [6.07, 6.45) is 10.9. The SMILES string of the molecule is CS[C@H]1CC[C@H](NC(=O)NCc2ccccc2-n2ccnc2)C1. The Balaban J connectivity index is 1.56. The average Bonchev–Trinajstić information content (AvgIpc) is 3.25. The van der Waals surface area contributed by atoms with Crippen molar-refractivity contribution in [1.29, 1.82) is 0 Å². The van der Waals surface area contributed by atoms with Gasteiger partial charge in [0.1, 0.15) is 0 Å². The number of hydrogen-bond acceptors (Lipinski definition) is 3. The summed E-state index contributed by atoms with van der Waals surface area (Å²) in [7, 11) is 0. The van der Waals surface area contributed by atoms with Gasteiger partial charge in [-0.2, -0.15) is 11.8 Å². The Morgan fingerprint density at radius 2 is 2.26 bits per heavy atom. The van der Waals surface area contributed by atoms with Crippen LogP contribution in [0.2, 0.25) is 0 Å². The molecule has 2 amide bonds. The average molecular weight is 330 g/mol. The highest BCUT2D eigenvalue weighted by Gasteiger charge is 2.24. The Kier molecular flexibility index (Phi) is 5.23. The van der Waals surface area contributed by atoms with Gasteiger partial charge in [-0.25, -0.2) is 9.78 Å². The Labute approximate surface area is 140 Å². The lowest BCUT2D eigenvalue weighted by Gasteiger charge is -2.15. The molecule has 122 valence electrons. The number of carbonyl (C=O) groups excluding carboxylic acids is 1. The van der Waals surface area contributed by atoms with Gasteiger partial charge < -0.3 is 15.2 Å². The quantitative estimate of drug-likeness (QED) is 0.886. The highest BCUT2D eigenvalue weighted by molar-refractivity contribution is 7.99. The van der Waals surface area contributed by atoms with E-state index in [1.807, 2.05) is 46.8 Å². The number of thioether (sulfide) groups is 1. The van der Waals surface area contributed by atoms with E-state index in [1.165, 1.54) is 6.42 Å². The zero-order chi connectivity index (χ0) is 16.1. The van der Waals surface area contributed by atoms with E-state index in [-0.39, 0.29) is 6.03 Å². The van der Waals surface area contributed by atoms with Gasteiger partial charge in [-0.05, 0) is 37.1 Å². The van der Waals surface area contributed by atoms with Crippen LogP contribution in [0.5, 0.6) is 0 Å². The van der Waals surface area contributed by atoms with Crippen LogP contribution in [0, 0.1) is 0 Å². The van der Waals surface area contributed by atoms with Crippen molar-refractivity contribution in [1.82, 2.24) is 20.2 Å². The summed E-state index contributed by atoms with van der Waals surface area (Å²) in [6.45, 7) is 0.499. The number of hydrogen-bond donors (Lipinski definition) is 2. The van der Waals surface area contributed by atoms with Crippen LogP contribution in [0.15, 0.2) is 43.0 Å². The summed E-state index contributed by atoms with van der Waals surface area (Å²) < 4.78 is 1.95. The van der Waals surface area contributed by atoms with E-state index in [4.69, 9.17) is 0 Å². The van der Waals surface area contributed by atoms with Gasteiger partial charge in [0, 0.05) is 30.2 Å². The summed E-state index contributed by atoms with van der Waals surface area (Å²) in [6, 6.07) is 8.23. The monoisotopic (exact) mass is 330 g/mol. The van der Waals surface area contributed by atoms with E-state index >= 15 is 0 Å². The number of para-hydroxylation sites is 1. The smallest absolute Gasteiger partial charge is 0.315 e. The van der Waals surface area contributed by atoms with Gasteiger partial charge in [-0.1, -0.05) is 18.2 Å². The van der Waals surface area contributed by atoms with Gasteiger partial charge in [0.2, 0.25) is 0 Å². The van der Waals surface area contributed by atoms with Crippen molar-refractivity contribution in [3.8, 4) is 5.69 Å². The van der Waals surface area contributed by atoms with Crippen LogP contribution in [-0.2, 0) is 6.54 Å². The molecule has 3 rings (SSSR count). The van der Waals surface area contributed by atoms with Crippen molar-refractivity contribution in [2.45, 2.75) is 37.1 Å². The molecule has 2 atom stereocenters.